The molecule has 0 saturated carbocycles. The third-order valence-corrected chi connectivity index (χ3v) is 4.43. The summed E-state index contributed by atoms with van der Waals surface area (Å²) in [7, 11) is 1.58. The Kier molecular flexibility index (Phi) is 5.72. The van der Waals surface area contributed by atoms with Gasteiger partial charge in [-0.3, -0.25) is 4.90 Å². The van der Waals surface area contributed by atoms with E-state index in [-0.39, 0.29) is 11.9 Å². The smallest absolute Gasteiger partial charge is 0.162 e. The van der Waals surface area contributed by atoms with Crippen molar-refractivity contribution in [3.05, 3.63) is 59.7 Å². The minimum atomic E-state index is 0.227. The van der Waals surface area contributed by atoms with Crippen molar-refractivity contribution < 1.29 is 14.6 Å². The summed E-state index contributed by atoms with van der Waals surface area (Å²) >= 11 is 0. The molecule has 2 aromatic carbocycles. The van der Waals surface area contributed by atoms with Gasteiger partial charge in [-0.25, -0.2) is 0 Å². The SMILES string of the molecule is COc1cccc(CN(Cc2ccccc2)CC2CCCO2)c1O. The molecule has 0 amide bonds. The fourth-order valence-corrected chi connectivity index (χ4v) is 3.20. The van der Waals surface area contributed by atoms with Crippen LogP contribution in [0.1, 0.15) is 24.0 Å². The molecule has 24 heavy (non-hydrogen) atoms. The van der Waals surface area contributed by atoms with Crippen molar-refractivity contribution in [3.63, 3.8) is 0 Å². The standard InChI is InChI=1S/C20H25NO3/c1-23-19-11-5-9-17(20(19)22)14-21(15-18-10-6-12-24-18)13-16-7-3-2-4-8-16/h2-5,7-9,11,18,22H,6,10,12-15H2,1H3. The van der Waals surface area contributed by atoms with E-state index < -0.39 is 0 Å². The van der Waals surface area contributed by atoms with Gasteiger partial charge in [0.1, 0.15) is 0 Å². The molecule has 0 aromatic heterocycles. The molecule has 1 unspecified atom stereocenters. The van der Waals surface area contributed by atoms with Crippen molar-refractivity contribution in [1.29, 1.82) is 0 Å². The molecule has 1 heterocycles. The molecule has 128 valence electrons. The topological polar surface area (TPSA) is 41.9 Å². The van der Waals surface area contributed by atoms with Gasteiger partial charge in [-0.15, -0.1) is 0 Å². The summed E-state index contributed by atoms with van der Waals surface area (Å²) in [5.74, 6) is 0.745. The van der Waals surface area contributed by atoms with Gasteiger partial charge >= 0.3 is 0 Å². The number of rotatable bonds is 7. The quantitative estimate of drug-likeness (QED) is 0.844. The Labute approximate surface area is 143 Å². The number of aromatic hydroxyl groups is 1. The van der Waals surface area contributed by atoms with E-state index in [0.29, 0.717) is 12.3 Å². The van der Waals surface area contributed by atoms with Crippen LogP contribution in [-0.4, -0.2) is 36.4 Å². The van der Waals surface area contributed by atoms with E-state index >= 15 is 0 Å². The van der Waals surface area contributed by atoms with Crippen LogP contribution in [0.25, 0.3) is 0 Å². The number of benzene rings is 2. The van der Waals surface area contributed by atoms with Crippen LogP contribution in [0.5, 0.6) is 11.5 Å². The number of phenolic OH excluding ortho intramolecular Hbond substituents is 1. The van der Waals surface area contributed by atoms with E-state index in [9.17, 15) is 5.11 Å². The largest absolute Gasteiger partial charge is 0.504 e. The Morgan fingerprint density at radius 2 is 1.96 bits per heavy atom. The number of para-hydroxylation sites is 1. The van der Waals surface area contributed by atoms with Crippen LogP contribution in [0.15, 0.2) is 48.5 Å². The molecule has 4 heteroatoms. The van der Waals surface area contributed by atoms with Crippen LogP contribution in [0.2, 0.25) is 0 Å². The van der Waals surface area contributed by atoms with Gasteiger partial charge < -0.3 is 14.6 Å². The van der Waals surface area contributed by atoms with Crippen LogP contribution < -0.4 is 4.74 Å². The van der Waals surface area contributed by atoms with E-state index in [1.54, 1.807) is 13.2 Å². The maximum Gasteiger partial charge on any atom is 0.162 e. The second-order valence-electron chi connectivity index (χ2n) is 6.26. The molecular formula is C20H25NO3. The average Bonchev–Trinajstić information content (AvgIpc) is 3.10. The zero-order chi connectivity index (χ0) is 16.8. The number of phenols is 1. The molecule has 0 bridgehead atoms. The van der Waals surface area contributed by atoms with Crippen molar-refractivity contribution in [2.24, 2.45) is 0 Å². The molecule has 1 aliphatic rings. The zero-order valence-corrected chi connectivity index (χ0v) is 14.1. The molecule has 4 nitrogen and oxygen atoms in total. The summed E-state index contributed by atoms with van der Waals surface area (Å²) in [6, 6.07) is 16.1. The number of nitrogens with zero attached hydrogens (tertiary/aromatic N) is 1. The average molecular weight is 327 g/mol. The lowest BCUT2D eigenvalue weighted by atomic mass is 10.1. The molecule has 1 saturated heterocycles. The maximum absolute atomic E-state index is 10.4. The second kappa shape index (κ2) is 8.18. The number of hydrogen-bond donors (Lipinski definition) is 1. The van der Waals surface area contributed by atoms with Crippen molar-refractivity contribution in [1.82, 2.24) is 4.90 Å². The third kappa shape index (κ3) is 4.28. The Morgan fingerprint density at radius 3 is 2.67 bits per heavy atom. The first kappa shape index (κ1) is 16.8. The van der Waals surface area contributed by atoms with Gasteiger partial charge in [-0.1, -0.05) is 42.5 Å². The highest BCUT2D eigenvalue weighted by Gasteiger charge is 2.21. The van der Waals surface area contributed by atoms with E-state index in [4.69, 9.17) is 9.47 Å². The monoisotopic (exact) mass is 327 g/mol. The van der Waals surface area contributed by atoms with Gasteiger partial charge in [0.2, 0.25) is 0 Å². The highest BCUT2D eigenvalue weighted by molar-refractivity contribution is 5.45. The number of methoxy groups -OCH3 is 1. The Bertz CT molecular complexity index is 639. The van der Waals surface area contributed by atoms with Gasteiger partial charge in [0.05, 0.1) is 13.2 Å². The summed E-state index contributed by atoms with van der Waals surface area (Å²) in [6.45, 7) is 3.22. The van der Waals surface area contributed by atoms with E-state index in [2.05, 4.69) is 29.2 Å². The van der Waals surface area contributed by atoms with Crippen LogP contribution in [-0.2, 0) is 17.8 Å². The molecule has 0 aliphatic carbocycles. The van der Waals surface area contributed by atoms with Crippen molar-refractivity contribution in [2.75, 3.05) is 20.3 Å². The van der Waals surface area contributed by atoms with Gasteiger partial charge in [-0.2, -0.15) is 0 Å². The van der Waals surface area contributed by atoms with Crippen LogP contribution in [0, 0.1) is 0 Å². The second-order valence-corrected chi connectivity index (χ2v) is 6.26. The van der Waals surface area contributed by atoms with Crippen LogP contribution >= 0.6 is 0 Å². The molecule has 1 atom stereocenters. The molecule has 2 aromatic rings. The summed E-state index contributed by atoms with van der Waals surface area (Å²) in [4.78, 5) is 2.33. The Balaban J connectivity index is 1.76. The normalized spacial score (nSPS) is 17.3. The predicted molar refractivity (Wildman–Crippen MR) is 94.2 cm³/mol. The summed E-state index contributed by atoms with van der Waals surface area (Å²) in [5, 5.41) is 10.4. The first-order valence-electron chi connectivity index (χ1n) is 8.49. The van der Waals surface area contributed by atoms with Gasteiger partial charge in [-0.05, 0) is 24.5 Å². The van der Waals surface area contributed by atoms with Crippen molar-refractivity contribution >= 4 is 0 Å². The molecular weight excluding hydrogens is 302 g/mol. The molecule has 1 aliphatic heterocycles. The minimum Gasteiger partial charge on any atom is -0.504 e. The highest BCUT2D eigenvalue weighted by Crippen LogP contribution is 2.30. The number of ether oxygens (including phenoxy) is 2. The van der Waals surface area contributed by atoms with Crippen molar-refractivity contribution in [3.8, 4) is 11.5 Å². The van der Waals surface area contributed by atoms with Crippen LogP contribution in [0.4, 0.5) is 0 Å². The lowest BCUT2D eigenvalue weighted by Gasteiger charge is -2.26. The van der Waals surface area contributed by atoms with Gasteiger partial charge in [0.25, 0.3) is 0 Å². The van der Waals surface area contributed by atoms with Gasteiger partial charge in [0, 0.05) is 31.8 Å². The predicted octanol–water partition coefficient (Wildman–Crippen LogP) is 3.58. The zero-order valence-electron chi connectivity index (χ0n) is 14.1. The van der Waals surface area contributed by atoms with E-state index in [1.165, 1.54) is 5.56 Å². The molecule has 3 rings (SSSR count). The van der Waals surface area contributed by atoms with E-state index in [0.717, 1.165) is 38.1 Å². The lowest BCUT2D eigenvalue weighted by molar-refractivity contribution is 0.0676. The van der Waals surface area contributed by atoms with Crippen molar-refractivity contribution in [2.45, 2.75) is 32.0 Å². The number of hydrogen-bond acceptors (Lipinski definition) is 4. The summed E-state index contributed by atoms with van der Waals surface area (Å²) < 4.78 is 11.0. The third-order valence-electron chi connectivity index (χ3n) is 4.43. The molecule has 1 fully saturated rings. The first-order chi connectivity index (χ1) is 11.8. The molecule has 0 radical (unpaired) electrons. The van der Waals surface area contributed by atoms with E-state index in [1.807, 2.05) is 18.2 Å². The fourth-order valence-electron chi connectivity index (χ4n) is 3.20. The summed E-state index contributed by atoms with van der Waals surface area (Å²) in [5.41, 5.74) is 2.14. The van der Waals surface area contributed by atoms with Gasteiger partial charge in [0.15, 0.2) is 11.5 Å². The first-order valence-corrected chi connectivity index (χ1v) is 8.49. The summed E-state index contributed by atoms with van der Waals surface area (Å²) in [6.07, 6.45) is 2.52. The maximum atomic E-state index is 10.4. The highest BCUT2D eigenvalue weighted by atomic mass is 16.5. The molecule has 1 N–H and O–H groups in total. The Hall–Kier alpha value is -2.04. The Morgan fingerprint density at radius 1 is 1.12 bits per heavy atom. The van der Waals surface area contributed by atoms with Crippen LogP contribution in [0.3, 0.4) is 0 Å². The lowest BCUT2D eigenvalue weighted by Crippen LogP contribution is -2.31. The minimum absolute atomic E-state index is 0.227. The fraction of sp³-hybridized carbons (Fsp3) is 0.400. The molecule has 0 spiro atoms.